The highest BCUT2D eigenvalue weighted by molar-refractivity contribution is 5.85. The third kappa shape index (κ3) is 1.65. The highest BCUT2D eigenvalue weighted by Gasteiger charge is 2.67. The van der Waals surface area contributed by atoms with Crippen LogP contribution in [0.4, 0.5) is 0 Å². The van der Waals surface area contributed by atoms with Crippen LogP contribution >= 0.6 is 12.4 Å². The Kier molecular flexibility index (Phi) is 3.19. The van der Waals surface area contributed by atoms with Crippen LogP contribution < -0.4 is 11.1 Å². The van der Waals surface area contributed by atoms with Gasteiger partial charge in [-0.3, -0.25) is 4.79 Å². The van der Waals surface area contributed by atoms with Crippen molar-refractivity contribution in [3.63, 3.8) is 0 Å². The molecule has 4 unspecified atom stereocenters. The topological polar surface area (TPSA) is 55.1 Å². The van der Waals surface area contributed by atoms with Crippen molar-refractivity contribution in [1.29, 1.82) is 0 Å². The van der Waals surface area contributed by atoms with Crippen molar-refractivity contribution in [1.82, 2.24) is 5.32 Å². The van der Waals surface area contributed by atoms with Gasteiger partial charge in [0, 0.05) is 18.5 Å². The van der Waals surface area contributed by atoms with Crippen molar-refractivity contribution < 1.29 is 4.79 Å². The molecule has 0 spiro atoms. The maximum atomic E-state index is 11.9. The average Bonchev–Trinajstić information content (AvgIpc) is 2.68. The van der Waals surface area contributed by atoms with Gasteiger partial charge in [-0.1, -0.05) is 0 Å². The van der Waals surface area contributed by atoms with E-state index in [9.17, 15) is 4.79 Å². The van der Waals surface area contributed by atoms with Gasteiger partial charge >= 0.3 is 0 Å². The Bertz CT molecular complexity index is 281. The Morgan fingerprint density at radius 2 is 1.94 bits per heavy atom. The van der Waals surface area contributed by atoms with Crippen LogP contribution in [-0.2, 0) is 4.79 Å². The molecule has 0 aliphatic heterocycles. The van der Waals surface area contributed by atoms with Crippen LogP contribution in [-0.4, -0.2) is 18.5 Å². The van der Waals surface area contributed by atoms with Crippen molar-refractivity contribution in [3.05, 3.63) is 0 Å². The fourth-order valence-corrected chi connectivity index (χ4v) is 4.07. The highest BCUT2D eigenvalue weighted by atomic mass is 35.5. The maximum absolute atomic E-state index is 11.9. The molecule has 2 bridgehead atoms. The standard InChI is InChI=1S/C12H20N2O.ClH/c1-6(5-13)14-12(15)11-9-7-2-3-8(4-7)10(9)11;/h6-11H,2-5,13H2,1H3,(H,14,15);1H/t6-,7?,8?,9?,10?,11?;/m1./s1. The van der Waals surface area contributed by atoms with Crippen LogP contribution in [0.5, 0.6) is 0 Å². The van der Waals surface area contributed by atoms with Crippen molar-refractivity contribution >= 4 is 18.3 Å². The minimum atomic E-state index is 0. The summed E-state index contributed by atoms with van der Waals surface area (Å²) in [5, 5.41) is 3.03. The number of hydrogen-bond donors (Lipinski definition) is 2. The van der Waals surface area contributed by atoms with Gasteiger partial charge in [0.15, 0.2) is 0 Å². The molecule has 3 nitrogen and oxygen atoms in total. The fourth-order valence-electron chi connectivity index (χ4n) is 4.07. The molecule has 4 heteroatoms. The van der Waals surface area contributed by atoms with E-state index in [1.165, 1.54) is 19.3 Å². The summed E-state index contributed by atoms with van der Waals surface area (Å²) >= 11 is 0. The van der Waals surface area contributed by atoms with Crippen molar-refractivity contribution in [2.75, 3.05) is 6.54 Å². The lowest BCUT2D eigenvalue weighted by atomic mass is 10.0. The SMILES string of the molecule is C[C@H](CN)NC(=O)C1C2C3CCC(C3)C12.Cl. The zero-order valence-corrected chi connectivity index (χ0v) is 10.5. The summed E-state index contributed by atoms with van der Waals surface area (Å²) in [6.07, 6.45) is 4.16. The number of amides is 1. The zero-order valence-electron chi connectivity index (χ0n) is 9.69. The van der Waals surface area contributed by atoms with E-state index < -0.39 is 0 Å². The minimum absolute atomic E-state index is 0. The molecule has 0 saturated heterocycles. The second-order valence-corrected chi connectivity index (χ2v) is 5.66. The zero-order chi connectivity index (χ0) is 10.6. The number of nitrogens with two attached hydrogens (primary N) is 1. The molecule has 5 atom stereocenters. The summed E-state index contributed by atoms with van der Waals surface area (Å²) in [4.78, 5) is 11.9. The van der Waals surface area contributed by atoms with Crippen LogP contribution in [0.3, 0.4) is 0 Å². The lowest BCUT2D eigenvalue weighted by Crippen LogP contribution is -2.39. The number of nitrogens with one attached hydrogen (secondary N) is 1. The lowest BCUT2D eigenvalue weighted by Gasteiger charge is -2.13. The molecular weight excluding hydrogens is 224 g/mol. The average molecular weight is 245 g/mol. The van der Waals surface area contributed by atoms with E-state index in [-0.39, 0.29) is 24.4 Å². The van der Waals surface area contributed by atoms with Crippen molar-refractivity contribution in [2.24, 2.45) is 35.3 Å². The summed E-state index contributed by atoms with van der Waals surface area (Å²) in [6, 6.07) is 0.136. The number of carbonyl (C=O) groups is 1. The molecule has 3 N–H and O–H groups in total. The number of hydrogen-bond acceptors (Lipinski definition) is 2. The second kappa shape index (κ2) is 4.19. The Balaban J connectivity index is 0.000000963. The van der Waals surface area contributed by atoms with Gasteiger partial charge in [-0.25, -0.2) is 0 Å². The van der Waals surface area contributed by atoms with E-state index in [2.05, 4.69) is 5.32 Å². The molecule has 0 heterocycles. The summed E-state index contributed by atoms with van der Waals surface area (Å²) in [5.41, 5.74) is 5.51. The summed E-state index contributed by atoms with van der Waals surface area (Å²) in [5.74, 6) is 3.88. The first-order chi connectivity index (χ1) is 7.22. The van der Waals surface area contributed by atoms with E-state index in [0.29, 0.717) is 12.5 Å². The van der Waals surface area contributed by atoms with Gasteiger partial charge < -0.3 is 11.1 Å². The monoisotopic (exact) mass is 244 g/mol. The molecule has 1 amide bonds. The predicted molar refractivity (Wildman–Crippen MR) is 65.2 cm³/mol. The Morgan fingerprint density at radius 1 is 1.38 bits per heavy atom. The number of fused-ring (bicyclic) bond motifs is 5. The van der Waals surface area contributed by atoms with Gasteiger partial charge in [-0.2, -0.15) is 0 Å². The first-order valence-electron chi connectivity index (χ1n) is 6.22. The van der Waals surface area contributed by atoms with Crippen LogP contribution in [0.15, 0.2) is 0 Å². The van der Waals surface area contributed by atoms with E-state index in [4.69, 9.17) is 5.73 Å². The second-order valence-electron chi connectivity index (χ2n) is 5.66. The van der Waals surface area contributed by atoms with Gasteiger partial charge in [0.05, 0.1) is 0 Å². The summed E-state index contributed by atoms with van der Waals surface area (Å²) in [6.45, 7) is 2.52. The molecule has 92 valence electrons. The first kappa shape index (κ1) is 12.2. The third-order valence-corrected chi connectivity index (χ3v) is 4.78. The molecule has 0 aromatic rings. The molecule has 3 fully saturated rings. The summed E-state index contributed by atoms with van der Waals surface area (Å²) in [7, 11) is 0. The maximum Gasteiger partial charge on any atom is 0.223 e. The van der Waals surface area contributed by atoms with Gasteiger partial charge in [0.2, 0.25) is 5.91 Å². The lowest BCUT2D eigenvalue weighted by molar-refractivity contribution is -0.123. The van der Waals surface area contributed by atoms with Crippen LogP contribution in [0.1, 0.15) is 26.2 Å². The predicted octanol–water partition coefficient (Wildman–Crippen LogP) is 1.16. The minimum Gasteiger partial charge on any atom is -0.352 e. The van der Waals surface area contributed by atoms with Gasteiger partial charge in [-0.15, -0.1) is 12.4 Å². The molecule has 16 heavy (non-hydrogen) atoms. The van der Waals surface area contributed by atoms with E-state index in [0.717, 1.165) is 23.7 Å². The molecular formula is C12H21ClN2O. The molecule has 3 aliphatic carbocycles. The number of halogens is 1. The highest BCUT2D eigenvalue weighted by Crippen LogP contribution is 2.69. The van der Waals surface area contributed by atoms with Gasteiger partial charge in [0.25, 0.3) is 0 Å². The molecule has 0 aromatic carbocycles. The molecule has 3 aliphatic rings. The smallest absolute Gasteiger partial charge is 0.223 e. The third-order valence-electron chi connectivity index (χ3n) is 4.78. The van der Waals surface area contributed by atoms with Crippen LogP contribution in [0.2, 0.25) is 0 Å². The Morgan fingerprint density at radius 3 is 2.44 bits per heavy atom. The largest absolute Gasteiger partial charge is 0.352 e. The van der Waals surface area contributed by atoms with E-state index in [1.807, 2.05) is 6.92 Å². The van der Waals surface area contributed by atoms with Gasteiger partial charge in [-0.05, 0) is 49.9 Å². The summed E-state index contributed by atoms with van der Waals surface area (Å²) < 4.78 is 0. The molecule has 3 rings (SSSR count). The van der Waals surface area contributed by atoms with E-state index in [1.54, 1.807) is 0 Å². The first-order valence-corrected chi connectivity index (χ1v) is 6.22. The fraction of sp³-hybridized carbons (Fsp3) is 0.917. The van der Waals surface area contributed by atoms with Crippen molar-refractivity contribution in [2.45, 2.75) is 32.2 Å². The van der Waals surface area contributed by atoms with Gasteiger partial charge in [0.1, 0.15) is 0 Å². The molecule has 0 aromatic heterocycles. The van der Waals surface area contributed by atoms with Crippen molar-refractivity contribution in [3.8, 4) is 0 Å². The number of rotatable bonds is 3. The van der Waals surface area contributed by atoms with Crippen LogP contribution in [0.25, 0.3) is 0 Å². The van der Waals surface area contributed by atoms with Crippen LogP contribution in [0, 0.1) is 29.6 Å². The quantitative estimate of drug-likeness (QED) is 0.783. The normalized spacial score (nSPS) is 44.5. The molecule has 0 radical (unpaired) electrons. The van der Waals surface area contributed by atoms with E-state index >= 15 is 0 Å². The number of carbonyl (C=O) groups excluding carboxylic acids is 1. The molecule has 3 saturated carbocycles. The Hall–Kier alpha value is -0.280. The Labute approximate surface area is 103 Å².